The maximum atomic E-state index is 6.15. The minimum absolute atomic E-state index is 0.726. The molecular weight excluding hydrogens is 229 g/mol. The van der Waals surface area contributed by atoms with Crippen LogP contribution in [-0.4, -0.2) is 13.1 Å². The van der Waals surface area contributed by atoms with Gasteiger partial charge in [-0.05, 0) is 56.0 Å². The van der Waals surface area contributed by atoms with Crippen molar-refractivity contribution in [3.05, 3.63) is 33.8 Å². The summed E-state index contributed by atoms with van der Waals surface area (Å²) in [6.45, 7) is 2.24. The molecule has 1 fully saturated rings. The molecule has 1 saturated heterocycles. The number of piperidine rings is 1. The second-order valence-corrected chi connectivity index (χ2v) is 4.91. The van der Waals surface area contributed by atoms with Crippen LogP contribution >= 0.6 is 23.2 Å². The largest absolute Gasteiger partial charge is 0.317 e. The monoisotopic (exact) mass is 243 g/mol. The number of hydrogen-bond donors (Lipinski definition) is 1. The highest BCUT2D eigenvalue weighted by molar-refractivity contribution is 6.35. The molecule has 0 aliphatic carbocycles. The summed E-state index contributed by atoms with van der Waals surface area (Å²) in [5.41, 5.74) is 1.12. The molecule has 0 bridgehead atoms. The first-order valence-electron chi connectivity index (χ1n) is 5.41. The Bertz CT molecular complexity index is 312. The Morgan fingerprint density at radius 3 is 2.33 bits per heavy atom. The van der Waals surface area contributed by atoms with Gasteiger partial charge in [0.2, 0.25) is 0 Å². The van der Waals surface area contributed by atoms with Crippen molar-refractivity contribution in [3.63, 3.8) is 0 Å². The Kier molecular flexibility index (Phi) is 3.90. The normalized spacial score (nSPS) is 18.0. The lowest BCUT2D eigenvalue weighted by atomic mass is 9.91. The summed E-state index contributed by atoms with van der Waals surface area (Å²) in [5.74, 6) is 0.726. The lowest BCUT2D eigenvalue weighted by Gasteiger charge is -2.23. The van der Waals surface area contributed by atoms with Crippen molar-refractivity contribution in [1.82, 2.24) is 5.32 Å². The predicted molar refractivity (Wildman–Crippen MR) is 65.8 cm³/mol. The van der Waals surface area contributed by atoms with E-state index in [1.807, 2.05) is 18.2 Å². The smallest absolute Gasteiger partial charge is 0.0452 e. The second-order valence-electron chi connectivity index (χ2n) is 4.10. The molecule has 1 nitrogen and oxygen atoms in total. The van der Waals surface area contributed by atoms with Crippen LogP contribution in [0.15, 0.2) is 18.2 Å². The van der Waals surface area contributed by atoms with Gasteiger partial charge in [-0.15, -0.1) is 0 Å². The molecule has 0 amide bonds. The van der Waals surface area contributed by atoms with Crippen LogP contribution in [0.1, 0.15) is 18.4 Å². The van der Waals surface area contributed by atoms with Gasteiger partial charge < -0.3 is 5.32 Å². The Hall–Kier alpha value is -0.240. The van der Waals surface area contributed by atoms with Crippen LogP contribution in [0.3, 0.4) is 0 Å². The van der Waals surface area contributed by atoms with E-state index in [-0.39, 0.29) is 0 Å². The van der Waals surface area contributed by atoms with Crippen LogP contribution in [0, 0.1) is 5.92 Å². The molecule has 1 heterocycles. The van der Waals surface area contributed by atoms with Crippen LogP contribution in [0.5, 0.6) is 0 Å². The molecule has 15 heavy (non-hydrogen) atoms. The van der Waals surface area contributed by atoms with Gasteiger partial charge in [0.05, 0.1) is 0 Å². The molecule has 1 aromatic carbocycles. The second kappa shape index (κ2) is 5.20. The fraction of sp³-hybridized carbons (Fsp3) is 0.500. The van der Waals surface area contributed by atoms with Gasteiger partial charge in [-0.2, -0.15) is 0 Å². The standard InChI is InChI=1S/C12H15Cl2N/c13-11-2-1-3-12(14)10(11)8-9-4-6-15-7-5-9/h1-3,9,15H,4-8H2. The average molecular weight is 244 g/mol. The number of hydrogen-bond acceptors (Lipinski definition) is 1. The maximum Gasteiger partial charge on any atom is 0.0452 e. The van der Waals surface area contributed by atoms with Crippen LogP contribution in [-0.2, 0) is 6.42 Å². The molecule has 0 unspecified atom stereocenters. The minimum atomic E-state index is 0.726. The molecule has 1 N–H and O–H groups in total. The molecule has 2 rings (SSSR count). The van der Waals surface area contributed by atoms with E-state index in [1.165, 1.54) is 12.8 Å². The van der Waals surface area contributed by atoms with E-state index in [2.05, 4.69) is 5.32 Å². The molecule has 0 radical (unpaired) electrons. The fourth-order valence-electron chi connectivity index (χ4n) is 2.10. The predicted octanol–water partition coefficient (Wildman–Crippen LogP) is 3.54. The van der Waals surface area contributed by atoms with Crippen molar-refractivity contribution < 1.29 is 0 Å². The zero-order valence-electron chi connectivity index (χ0n) is 8.60. The lowest BCUT2D eigenvalue weighted by molar-refractivity contribution is 0.373. The SMILES string of the molecule is Clc1cccc(Cl)c1CC1CCNCC1. The van der Waals surface area contributed by atoms with Crippen LogP contribution in [0.25, 0.3) is 0 Å². The summed E-state index contributed by atoms with van der Waals surface area (Å²) in [7, 11) is 0. The van der Waals surface area contributed by atoms with E-state index in [0.717, 1.165) is 41.0 Å². The summed E-state index contributed by atoms with van der Waals surface area (Å²) < 4.78 is 0. The molecule has 1 aliphatic rings. The highest BCUT2D eigenvalue weighted by Crippen LogP contribution is 2.29. The zero-order valence-corrected chi connectivity index (χ0v) is 10.1. The number of nitrogens with one attached hydrogen (secondary N) is 1. The summed E-state index contributed by atoms with van der Waals surface area (Å²) in [6.07, 6.45) is 3.46. The summed E-state index contributed by atoms with van der Waals surface area (Å²) in [4.78, 5) is 0. The third kappa shape index (κ3) is 2.87. The maximum absolute atomic E-state index is 6.15. The first-order valence-corrected chi connectivity index (χ1v) is 6.16. The van der Waals surface area contributed by atoms with Crippen molar-refractivity contribution in [3.8, 4) is 0 Å². The third-order valence-corrected chi connectivity index (χ3v) is 3.72. The van der Waals surface area contributed by atoms with Gasteiger partial charge in [0.25, 0.3) is 0 Å². The van der Waals surface area contributed by atoms with Crippen molar-refractivity contribution in [2.75, 3.05) is 13.1 Å². The van der Waals surface area contributed by atoms with E-state index in [0.29, 0.717) is 0 Å². The molecule has 0 atom stereocenters. The Morgan fingerprint density at radius 1 is 1.13 bits per heavy atom. The van der Waals surface area contributed by atoms with Gasteiger partial charge in [0.1, 0.15) is 0 Å². The van der Waals surface area contributed by atoms with Gasteiger partial charge in [-0.3, -0.25) is 0 Å². The van der Waals surface area contributed by atoms with Gasteiger partial charge in [-0.25, -0.2) is 0 Å². The van der Waals surface area contributed by atoms with Crippen molar-refractivity contribution in [2.24, 2.45) is 5.92 Å². The summed E-state index contributed by atoms with van der Waals surface area (Å²) in [6, 6.07) is 5.74. The Balaban J connectivity index is 2.09. The van der Waals surface area contributed by atoms with E-state index in [1.54, 1.807) is 0 Å². The lowest BCUT2D eigenvalue weighted by Crippen LogP contribution is -2.28. The van der Waals surface area contributed by atoms with Crippen molar-refractivity contribution in [2.45, 2.75) is 19.3 Å². The van der Waals surface area contributed by atoms with Gasteiger partial charge >= 0.3 is 0 Å². The molecule has 0 spiro atoms. The molecule has 3 heteroatoms. The molecule has 1 aliphatic heterocycles. The first-order chi connectivity index (χ1) is 7.27. The van der Waals surface area contributed by atoms with E-state index >= 15 is 0 Å². The van der Waals surface area contributed by atoms with Crippen LogP contribution in [0.2, 0.25) is 10.0 Å². The Morgan fingerprint density at radius 2 is 1.73 bits per heavy atom. The summed E-state index contributed by atoms with van der Waals surface area (Å²) in [5, 5.41) is 4.98. The fourth-order valence-corrected chi connectivity index (χ4v) is 2.65. The number of benzene rings is 1. The third-order valence-electron chi connectivity index (χ3n) is 3.01. The minimum Gasteiger partial charge on any atom is -0.317 e. The van der Waals surface area contributed by atoms with Crippen LogP contribution < -0.4 is 5.32 Å². The highest BCUT2D eigenvalue weighted by Gasteiger charge is 2.16. The number of halogens is 2. The van der Waals surface area contributed by atoms with E-state index in [4.69, 9.17) is 23.2 Å². The molecular formula is C12H15Cl2N. The summed E-state index contributed by atoms with van der Waals surface area (Å²) >= 11 is 12.3. The van der Waals surface area contributed by atoms with Crippen molar-refractivity contribution >= 4 is 23.2 Å². The van der Waals surface area contributed by atoms with Gasteiger partial charge in [-0.1, -0.05) is 29.3 Å². The molecule has 0 saturated carbocycles. The first kappa shape index (κ1) is 11.3. The molecule has 82 valence electrons. The van der Waals surface area contributed by atoms with E-state index < -0.39 is 0 Å². The van der Waals surface area contributed by atoms with Gasteiger partial charge in [0.15, 0.2) is 0 Å². The average Bonchev–Trinajstić information content (AvgIpc) is 2.25. The van der Waals surface area contributed by atoms with E-state index in [9.17, 15) is 0 Å². The number of rotatable bonds is 2. The highest BCUT2D eigenvalue weighted by atomic mass is 35.5. The van der Waals surface area contributed by atoms with Crippen molar-refractivity contribution in [1.29, 1.82) is 0 Å². The van der Waals surface area contributed by atoms with Gasteiger partial charge in [0, 0.05) is 10.0 Å². The topological polar surface area (TPSA) is 12.0 Å². The molecule has 0 aromatic heterocycles. The molecule has 1 aromatic rings. The van der Waals surface area contributed by atoms with Crippen LogP contribution in [0.4, 0.5) is 0 Å². The Labute approximate surface area is 101 Å². The quantitative estimate of drug-likeness (QED) is 0.839. The zero-order chi connectivity index (χ0) is 10.7.